The van der Waals surface area contributed by atoms with Crippen molar-refractivity contribution in [2.24, 2.45) is 0 Å². The second kappa shape index (κ2) is 8.21. The van der Waals surface area contributed by atoms with E-state index >= 15 is 0 Å². The van der Waals surface area contributed by atoms with Crippen molar-refractivity contribution >= 4 is 11.8 Å². The van der Waals surface area contributed by atoms with Crippen LogP contribution in [0, 0.1) is 0 Å². The van der Waals surface area contributed by atoms with Gasteiger partial charge < -0.3 is 19.2 Å². The van der Waals surface area contributed by atoms with Crippen LogP contribution in [0.3, 0.4) is 0 Å². The third-order valence-electron chi connectivity index (χ3n) is 7.56. The Balaban J connectivity index is 1.52. The van der Waals surface area contributed by atoms with Crippen LogP contribution in [0.2, 0.25) is 0 Å². The normalized spacial score (nSPS) is 25.5. The molecule has 6 heteroatoms. The van der Waals surface area contributed by atoms with Crippen LogP contribution in [0.25, 0.3) is 11.5 Å². The molecule has 1 aliphatic heterocycles. The monoisotopic (exact) mass is 423 g/mol. The van der Waals surface area contributed by atoms with Crippen molar-refractivity contribution in [3.05, 3.63) is 36.2 Å². The molecule has 2 aliphatic carbocycles. The van der Waals surface area contributed by atoms with Gasteiger partial charge in [-0.15, -0.1) is 0 Å². The van der Waals surface area contributed by atoms with Gasteiger partial charge in [-0.3, -0.25) is 9.59 Å². The van der Waals surface area contributed by atoms with Crippen LogP contribution in [0.4, 0.5) is 0 Å². The summed E-state index contributed by atoms with van der Waals surface area (Å²) >= 11 is 0. The average molecular weight is 424 g/mol. The summed E-state index contributed by atoms with van der Waals surface area (Å²) in [7, 11) is 0. The van der Waals surface area contributed by atoms with Crippen LogP contribution in [0.15, 0.2) is 34.9 Å². The van der Waals surface area contributed by atoms with Crippen LogP contribution in [0.1, 0.15) is 81.6 Å². The van der Waals surface area contributed by atoms with E-state index < -0.39 is 5.54 Å². The maximum absolute atomic E-state index is 13.8. The first-order valence-corrected chi connectivity index (χ1v) is 12.0. The highest BCUT2D eigenvalue weighted by atomic mass is 16.3. The standard InChI is InChI=1S/C25H33N3O3/c1-25(24(30)26-18-9-4-2-5-10-18)17-27-20(22-13-8-16-31-22)14-15-21(27)23(29)28(25)19-11-6-3-7-12-19/h8,13-16,18-19H,2-7,9-12,17H2,1H3,(H,26,30)/t25-/m0/s1. The van der Waals surface area contributed by atoms with Crippen LogP contribution in [0.5, 0.6) is 0 Å². The van der Waals surface area contributed by atoms with Gasteiger partial charge >= 0.3 is 0 Å². The number of carbonyl (C=O) groups is 2. The maximum Gasteiger partial charge on any atom is 0.271 e. The summed E-state index contributed by atoms with van der Waals surface area (Å²) in [5, 5.41) is 3.33. The molecule has 31 heavy (non-hydrogen) atoms. The van der Waals surface area contributed by atoms with E-state index in [-0.39, 0.29) is 23.9 Å². The minimum Gasteiger partial charge on any atom is -0.463 e. The van der Waals surface area contributed by atoms with Crippen LogP contribution >= 0.6 is 0 Å². The lowest BCUT2D eigenvalue weighted by Crippen LogP contribution is -2.67. The average Bonchev–Trinajstić information content (AvgIpc) is 3.45. The second-order valence-electron chi connectivity index (χ2n) is 9.72. The predicted octanol–water partition coefficient (Wildman–Crippen LogP) is 4.74. The van der Waals surface area contributed by atoms with Crippen LogP contribution in [-0.4, -0.2) is 38.9 Å². The molecule has 5 rings (SSSR count). The summed E-state index contributed by atoms with van der Waals surface area (Å²) in [6, 6.07) is 7.92. The molecule has 0 aromatic carbocycles. The number of fused-ring (bicyclic) bond motifs is 1. The molecule has 1 N–H and O–H groups in total. The smallest absolute Gasteiger partial charge is 0.271 e. The Hall–Kier alpha value is -2.50. The van der Waals surface area contributed by atoms with Crippen molar-refractivity contribution in [2.45, 2.75) is 95.3 Å². The van der Waals surface area contributed by atoms with Crippen molar-refractivity contribution in [1.82, 2.24) is 14.8 Å². The van der Waals surface area contributed by atoms with Gasteiger partial charge in [0.1, 0.15) is 17.0 Å². The molecule has 166 valence electrons. The lowest BCUT2D eigenvalue weighted by Gasteiger charge is -2.49. The summed E-state index contributed by atoms with van der Waals surface area (Å²) in [5.74, 6) is 0.681. The molecule has 2 fully saturated rings. The Morgan fingerprint density at radius 1 is 1.00 bits per heavy atom. The number of amides is 2. The quantitative estimate of drug-likeness (QED) is 0.772. The zero-order valence-electron chi connectivity index (χ0n) is 18.4. The molecule has 1 atom stereocenters. The zero-order valence-corrected chi connectivity index (χ0v) is 18.4. The van der Waals surface area contributed by atoms with E-state index in [1.807, 2.05) is 40.7 Å². The minimum absolute atomic E-state index is 0.0110. The van der Waals surface area contributed by atoms with Gasteiger partial charge in [0.05, 0.1) is 18.5 Å². The highest BCUT2D eigenvalue weighted by Gasteiger charge is 2.51. The van der Waals surface area contributed by atoms with E-state index in [9.17, 15) is 9.59 Å². The number of hydrogen-bond donors (Lipinski definition) is 1. The molecule has 2 saturated carbocycles. The minimum atomic E-state index is -0.913. The van der Waals surface area contributed by atoms with Gasteiger partial charge in [0, 0.05) is 12.1 Å². The molecule has 6 nitrogen and oxygen atoms in total. The molecule has 0 saturated heterocycles. The van der Waals surface area contributed by atoms with Crippen molar-refractivity contribution in [2.75, 3.05) is 0 Å². The SMILES string of the molecule is C[C@@]1(C(=O)NC2CCCCC2)Cn2c(ccc2-c2ccco2)C(=O)N1C1CCCCC1. The van der Waals surface area contributed by atoms with E-state index in [4.69, 9.17) is 4.42 Å². The molecule has 0 unspecified atom stereocenters. The first kappa shape index (κ1) is 20.4. The van der Waals surface area contributed by atoms with Crippen molar-refractivity contribution in [3.8, 4) is 11.5 Å². The van der Waals surface area contributed by atoms with Crippen molar-refractivity contribution < 1.29 is 14.0 Å². The topological polar surface area (TPSA) is 67.5 Å². The Labute approximate surface area is 184 Å². The van der Waals surface area contributed by atoms with E-state index in [1.54, 1.807) is 6.26 Å². The van der Waals surface area contributed by atoms with Crippen LogP contribution in [-0.2, 0) is 11.3 Å². The highest BCUT2D eigenvalue weighted by molar-refractivity contribution is 6.00. The summed E-state index contributed by atoms with van der Waals surface area (Å²) in [6.07, 6.45) is 12.7. The molecule has 2 aromatic rings. The van der Waals surface area contributed by atoms with E-state index in [1.165, 1.54) is 12.8 Å². The fourth-order valence-electron chi connectivity index (χ4n) is 5.87. The molecule has 2 aromatic heterocycles. The second-order valence-corrected chi connectivity index (χ2v) is 9.72. The highest BCUT2D eigenvalue weighted by Crippen LogP contribution is 2.38. The van der Waals surface area contributed by atoms with E-state index in [0.29, 0.717) is 12.2 Å². The molecule has 0 spiro atoms. The van der Waals surface area contributed by atoms with Gasteiger partial charge in [-0.25, -0.2) is 0 Å². The lowest BCUT2D eigenvalue weighted by atomic mass is 9.86. The Bertz CT molecular complexity index is 935. The van der Waals surface area contributed by atoms with E-state index in [2.05, 4.69) is 5.32 Å². The predicted molar refractivity (Wildman–Crippen MR) is 119 cm³/mol. The number of rotatable bonds is 4. The number of furan rings is 1. The number of carbonyl (C=O) groups excluding carboxylic acids is 2. The first-order valence-electron chi connectivity index (χ1n) is 12.0. The molecular weight excluding hydrogens is 390 g/mol. The maximum atomic E-state index is 13.8. The van der Waals surface area contributed by atoms with Crippen LogP contribution < -0.4 is 5.32 Å². The summed E-state index contributed by atoms with van der Waals surface area (Å²) < 4.78 is 7.61. The van der Waals surface area contributed by atoms with Gasteiger partial charge in [0.15, 0.2) is 0 Å². The largest absolute Gasteiger partial charge is 0.463 e. The van der Waals surface area contributed by atoms with Gasteiger partial charge in [0.2, 0.25) is 5.91 Å². The summed E-state index contributed by atoms with van der Waals surface area (Å²) in [4.78, 5) is 29.5. The summed E-state index contributed by atoms with van der Waals surface area (Å²) in [5.41, 5.74) is 0.595. The molecule has 3 heterocycles. The Morgan fingerprint density at radius 2 is 1.68 bits per heavy atom. The van der Waals surface area contributed by atoms with Gasteiger partial charge in [-0.05, 0) is 56.9 Å². The fourth-order valence-corrected chi connectivity index (χ4v) is 5.87. The van der Waals surface area contributed by atoms with Crippen molar-refractivity contribution in [1.29, 1.82) is 0 Å². The zero-order chi connectivity index (χ0) is 21.4. The number of nitrogens with one attached hydrogen (secondary N) is 1. The van der Waals surface area contributed by atoms with E-state index in [0.717, 1.165) is 62.8 Å². The Kier molecular flexibility index (Phi) is 5.40. The van der Waals surface area contributed by atoms with Gasteiger partial charge in [0.25, 0.3) is 5.91 Å². The lowest BCUT2D eigenvalue weighted by molar-refractivity contribution is -0.135. The molecule has 3 aliphatic rings. The fraction of sp³-hybridized carbons (Fsp3) is 0.600. The first-order chi connectivity index (χ1) is 15.1. The number of aromatic nitrogens is 1. The molecule has 0 bridgehead atoms. The Morgan fingerprint density at radius 3 is 2.35 bits per heavy atom. The van der Waals surface area contributed by atoms with Gasteiger partial charge in [-0.1, -0.05) is 38.5 Å². The van der Waals surface area contributed by atoms with Crippen molar-refractivity contribution in [3.63, 3.8) is 0 Å². The molecule has 2 amide bonds. The molecular formula is C25H33N3O3. The number of nitrogens with zero attached hydrogens (tertiary/aromatic N) is 2. The summed E-state index contributed by atoms with van der Waals surface area (Å²) in [6.45, 7) is 2.42. The van der Waals surface area contributed by atoms with Gasteiger partial charge in [-0.2, -0.15) is 0 Å². The molecule has 0 radical (unpaired) electrons. The number of hydrogen-bond acceptors (Lipinski definition) is 3. The third-order valence-corrected chi connectivity index (χ3v) is 7.56. The third kappa shape index (κ3) is 3.60.